The molecule has 0 saturated heterocycles. The number of aryl methyl sites for hydroxylation is 1. The van der Waals surface area contributed by atoms with Crippen LogP contribution >= 0.6 is 15.9 Å². The van der Waals surface area contributed by atoms with Crippen molar-refractivity contribution in [3.05, 3.63) is 28.2 Å². The molecule has 0 aromatic heterocycles. The van der Waals surface area contributed by atoms with Gasteiger partial charge in [0, 0.05) is 10.9 Å². The number of hydrogen-bond donors (Lipinski definition) is 2. The van der Waals surface area contributed by atoms with Crippen molar-refractivity contribution in [2.24, 2.45) is 11.3 Å². The summed E-state index contributed by atoms with van der Waals surface area (Å²) in [7, 11) is 0. The molecule has 1 rings (SSSR count). The zero-order valence-electron chi connectivity index (χ0n) is 12.2. The zero-order valence-corrected chi connectivity index (χ0v) is 13.7. The molecular formula is C15H20BrNO3. The molecule has 2 N–H and O–H groups in total. The number of benzene rings is 1. The van der Waals surface area contributed by atoms with Gasteiger partial charge in [-0.25, -0.2) is 0 Å². The van der Waals surface area contributed by atoms with E-state index in [-0.39, 0.29) is 18.2 Å². The number of halogens is 1. The number of hydrogen-bond acceptors (Lipinski definition) is 2. The highest BCUT2D eigenvalue weighted by Crippen LogP contribution is 2.32. The van der Waals surface area contributed by atoms with Gasteiger partial charge < -0.3 is 10.4 Å². The zero-order chi connectivity index (χ0) is 15.5. The molecule has 0 heterocycles. The number of carboxylic acid groups (broad SMARTS) is 1. The third-order valence-electron chi connectivity index (χ3n) is 3.76. The van der Waals surface area contributed by atoms with Crippen molar-refractivity contribution in [3.63, 3.8) is 0 Å². The number of carbonyl (C=O) groups excluding carboxylic acids is 1. The summed E-state index contributed by atoms with van der Waals surface area (Å²) in [5.41, 5.74) is 0.597. The van der Waals surface area contributed by atoms with Gasteiger partial charge in [-0.3, -0.25) is 9.59 Å². The topological polar surface area (TPSA) is 66.4 Å². The quantitative estimate of drug-likeness (QED) is 0.855. The first-order valence-corrected chi connectivity index (χ1v) is 7.26. The van der Waals surface area contributed by atoms with Crippen molar-refractivity contribution >= 4 is 33.5 Å². The van der Waals surface area contributed by atoms with Crippen molar-refractivity contribution in [1.29, 1.82) is 0 Å². The molecule has 1 aromatic carbocycles. The second-order valence-electron chi connectivity index (χ2n) is 5.54. The van der Waals surface area contributed by atoms with Gasteiger partial charge in [0.1, 0.15) is 0 Å². The van der Waals surface area contributed by atoms with Gasteiger partial charge in [0.05, 0.1) is 11.1 Å². The van der Waals surface area contributed by atoms with Crippen LogP contribution in [-0.4, -0.2) is 17.0 Å². The second kappa shape index (κ2) is 6.39. The summed E-state index contributed by atoms with van der Waals surface area (Å²) in [5.74, 6) is -1.38. The lowest BCUT2D eigenvalue weighted by Gasteiger charge is -2.28. The first kappa shape index (κ1) is 16.7. The number of aliphatic carboxylic acids is 1. The van der Waals surface area contributed by atoms with Crippen molar-refractivity contribution in [2.75, 3.05) is 5.32 Å². The maximum atomic E-state index is 12.1. The van der Waals surface area contributed by atoms with E-state index >= 15 is 0 Å². The Labute approximate surface area is 127 Å². The van der Waals surface area contributed by atoms with E-state index in [0.717, 1.165) is 10.0 Å². The molecule has 0 aliphatic rings. The molecule has 1 unspecified atom stereocenters. The lowest BCUT2D eigenvalue weighted by atomic mass is 9.76. The molecule has 0 aliphatic heterocycles. The smallest absolute Gasteiger partial charge is 0.310 e. The normalized spacial score (nSPS) is 13.9. The molecule has 110 valence electrons. The van der Waals surface area contributed by atoms with E-state index in [4.69, 9.17) is 0 Å². The number of carboxylic acids is 1. The molecule has 0 aliphatic carbocycles. The average molecular weight is 342 g/mol. The maximum absolute atomic E-state index is 12.1. The fourth-order valence-electron chi connectivity index (χ4n) is 1.80. The van der Waals surface area contributed by atoms with E-state index in [0.29, 0.717) is 5.69 Å². The molecular weight excluding hydrogens is 322 g/mol. The molecule has 5 heteroatoms. The van der Waals surface area contributed by atoms with Crippen LogP contribution in [0.25, 0.3) is 0 Å². The van der Waals surface area contributed by atoms with Crippen molar-refractivity contribution < 1.29 is 14.7 Å². The minimum atomic E-state index is -1.07. The summed E-state index contributed by atoms with van der Waals surface area (Å²) in [5, 5.41) is 12.1. The Hall–Kier alpha value is -1.36. The van der Waals surface area contributed by atoms with Gasteiger partial charge in [0.25, 0.3) is 0 Å². The van der Waals surface area contributed by atoms with Crippen LogP contribution in [0.4, 0.5) is 5.69 Å². The summed E-state index contributed by atoms with van der Waals surface area (Å²) >= 11 is 3.42. The Morgan fingerprint density at radius 1 is 1.40 bits per heavy atom. The van der Waals surface area contributed by atoms with E-state index in [9.17, 15) is 14.7 Å². The number of rotatable bonds is 5. The molecule has 1 aromatic rings. The van der Waals surface area contributed by atoms with Crippen LogP contribution < -0.4 is 5.32 Å². The van der Waals surface area contributed by atoms with E-state index in [1.807, 2.05) is 32.9 Å². The van der Waals surface area contributed by atoms with E-state index in [2.05, 4.69) is 21.2 Å². The minimum Gasteiger partial charge on any atom is -0.481 e. The highest BCUT2D eigenvalue weighted by molar-refractivity contribution is 9.10. The Morgan fingerprint density at radius 3 is 2.50 bits per heavy atom. The molecule has 0 bridgehead atoms. The van der Waals surface area contributed by atoms with Crippen LogP contribution in [0.2, 0.25) is 0 Å². The van der Waals surface area contributed by atoms with Gasteiger partial charge in [0.15, 0.2) is 0 Å². The van der Waals surface area contributed by atoms with Gasteiger partial charge in [-0.15, -0.1) is 0 Å². The molecule has 0 fully saturated rings. The van der Waals surface area contributed by atoms with Crippen LogP contribution in [0.3, 0.4) is 0 Å². The minimum absolute atomic E-state index is 0.0552. The third-order valence-corrected chi connectivity index (χ3v) is 4.81. The first-order valence-electron chi connectivity index (χ1n) is 6.47. The number of carbonyl (C=O) groups is 2. The van der Waals surface area contributed by atoms with Gasteiger partial charge >= 0.3 is 5.97 Å². The molecule has 0 spiro atoms. The fourth-order valence-corrected chi connectivity index (χ4v) is 2.16. The summed E-state index contributed by atoms with van der Waals surface area (Å²) < 4.78 is 0.815. The summed E-state index contributed by atoms with van der Waals surface area (Å²) in [6.07, 6.45) is -0.0552. The Kier molecular flexibility index (Phi) is 5.34. The lowest BCUT2D eigenvalue weighted by Crippen LogP contribution is -2.37. The van der Waals surface area contributed by atoms with E-state index in [1.54, 1.807) is 13.0 Å². The molecule has 4 nitrogen and oxygen atoms in total. The average Bonchev–Trinajstić information content (AvgIpc) is 2.34. The van der Waals surface area contributed by atoms with Crippen molar-refractivity contribution in [3.8, 4) is 0 Å². The summed E-state index contributed by atoms with van der Waals surface area (Å²) in [4.78, 5) is 23.5. The third kappa shape index (κ3) is 3.60. The molecule has 1 atom stereocenters. The summed E-state index contributed by atoms with van der Waals surface area (Å²) in [6.45, 7) is 7.15. The van der Waals surface area contributed by atoms with Crippen LogP contribution in [0, 0.1) is 18.3 Å². The van der Waals surface area contributed by atoms with Gasteiger partial charge in [0.2, 0.25) is 5.91 Å². The second-order valence-corrected chi connectivity index (χ2v) is 6.33. The number of amides is 1. The fraction of sp³-hybridized carbons (Fsp3) is 0.467. The predicted octanol–water partition coefficient (Wildman–Crippen LogP) is 3.83. The lowest BCUT2D eigenvalue weighted by molar-refractivity contribution is -0.153. The van der Waals surface area contributed by atoms with E-state index in [1.165, 1.54) is 0 Å². The first-order chi connectivity index (χ1) is 9.18. The standard InChI is InChI=1S/C15H20BrNO3/c1-9(2)15(4,14(19)20)8-12(18)17-11-7-5-6-10(3)13(11)16/h5-7,9H,8H2,1-4H3,(H,17,18)(H,19,20). The van der Waals surface area contributed by atoms with Gasteiger partial charge in [-0.05, 0) is 47.3 Å². The van der Waals surface area contributed by atoms with Crippen LogP contribution in [0.1, 0.15) is 32.8 Å². The molecule has 0 saturated carbocycles. The molecule has 1 amide bonds. The number of nitrogens with one attached hydrogen (secondary N) is 1. The number of anilines is 1. The van der Waals surface area contributed by atoms with Gasteiger partial charge in [-0.2, -0.15) is 0 Å². The Bertz CT molecular complexity index is 528. The van der Waals surface area contributed by atoms with Crippen LogP contribution in [0.15, 0.2) is 22.7 Å². The highest BCUT2D eigenvalue weighted by Gasteiger charge is 2.38. The molecule has 20 heavy (non-hydrogen) atoms. The van der Waals surface area contributed by atoms with Crippen LogP contribution in [-0.2, 0) is 9.59 Å². The van der Waals surface area contributed by atoms with E-state index < -0.39 is 11.4 Å². The molecule has 0 radical (unpaired) electrons. The van der Waals surface area contributed by atoms with Gasteiger partial charge in [-0.1, -0.05) is 26.0 Å². The predicted molar refractivity (Wildman–Crippen MR) is 82.7 cm³/mol. The SMILES string of the molecule is Cc1cccc(NC(=O)CC(C)(C(=O)O)C(C)C)c1Br. The van der Waals surface area contributed by atoms with Crippen LogP contribution in [0.5, 0.6) is 0 Å². The summed E-state index contributed by atoms with van der Waals surface area (Å²) in [6, 6.07) is 5.55. The maximum Gasteiger partial charge on any atom is 0.310 e. The highest BCUT2D eigenvalue weighted by atomic mass is 79.9. The monoisotopic (exact) mass is 341 g/mol. The van der Waals surface area contributed by atoms with Crippen molar-refractivity contribution in [1.82, 2.24) is 0 Å². The Morgan fingerprint density at radius 2 is 2.00 bits per heavy atom. The van der Waals surface area contributed by atoms with Crippen molar-refractivity contribution in [2.45, 2.75) is 34.1 Å². The Balaban J connectivity index is 2.87. The largest absolute Gasteiger partial charge is 0.481 e.